The predicted molar refractivity (Wildman–Crippen MR) is 97.7 cm³/mol. The molecule has 1 amide bonds. The van der Waals surface area contributed by atoms with Crippen LogP contribution in [0.15, 0.2) is 48.5 Å². The highest BCUT2D eigenvalue weighted by Crippen LogP contribution is 2.14. The summed E-state index contributed by atoms with van der Waals surface area (Å²) in [6.07, 6.45) is 0.839. The minimum atomic E-state index is 0.0366. The SMILES string of the molecule is CNCCc1ccccc1C(=O)N(C)CCOc1cccc(C)c1. The van der Waals surface area contributed by atoms with Crippen LogP contribution in [0.2, 0.25) is 0 Å². The average molecular weight is 326 g/mol. The Morgan fingerprint density at radius 2 is 1.96 bits per heavy atom. The van der Waals surface area contributed by atoms with Crippen LogP contribution in [0.25, 0.3) is 0 Å². The van der Waals surface area contributed by atoms with Gasteiger partial charge in [0.25, 0.3) is 5.91 Å². The highest BCUT2D eigenvalue weighted by molar-refractivity contribution is 5.95. The van der Waals surface area contributed by atoms with Gasteiger partial charge in [0.15, 0.2) is 0 Å². The lowest BCUT2D eigenvalue weighted by atomic mass is 10.0. The largest absolute Gasteiger partial charge is 0.492 e. The Kier molecular flexibility index (Phi) is 6.82. The van der Waals surface area contributed by atoms with Gasteiger partial charge in [0.05, 0.1) is 6.54 Å². The molecule has 4 heteroatoms. The highest BCUT2D eigenvalue weighted by Gasteiger charge is 2.15. The minimum absolute atomic E-state index is 0.0366. The Labute approximate surface area is 144 Å². The maximum Gasteiger partial charge on any atom is 0.253 e. The van der Waals surface area contributed by atoms with E-state index in [0.29, 0.717) is 13.2 Å². The normalized spacial score (nSPS) is 10.5. The van der Waals surface area contributed by atoms with Crippen LogP contribution in [0.1, 0.15) is 21.5 Å². The van der Waals surface area contributed by atoms with Crippen LogP contribution in [0, 0.1) is 6.92 Å². The number of hydrogen-bond acceptors (Lipinski definition) is 3. The molecule has 4 nitrogen and oxygen atoms in total. The summed E-state index contributed by atoms with van der Waals surface area (Å²) in [6, 6.07) is 15.7. The number of ether oxygens (including phenoxy) is 1. The average Bonchev–Trinajstić information content (AvgIpc) is 2.59. The van der Waals surface area contributed by atoms with Gasteiger partial charge in [-0.1, -0.05) is 30.3 Å². The van der Waals surface area contributed by atoms with Gasteiger partial charge in [-0.15, -0.1) is 0 Å². The van der Waals surface area contributed by atoms with Gasteiger partial charge in [0.2, 0.25) is 0 Å². The van der Waals surface area contributed by atoms with Gasteiger partial charge in [-0.25, -0.2) is 0 Å². The second-order valence-corrected chi connectivity index (χ2v) is 5.90. The van der Waals surface area contributed by atoms with Gasteiger partial charge in [-0.3, -0.25) is 4.79 Å². The van der Waals surface area contributed by atoms with Crippen molar-refractivity contribution >= 4 is 5.91 Å². The first kappa shape index (κ1) is 18.0. The fraction of sp³-hybridized carbons (Fsp3) is 0.350. The second-order valence-electron chi connectivity index (χ2n) is 5.90. The lowest BCUT2D eigenvalue weighted by molar-refractivity contribution is 0.0772. The Morgan fingerprint density at radius 3 is 2.71 bits per heavy atom. The van der Waals surface area contributed by atoms with Crippen molar-refractivity contribution in [2.24, 2.45) is 0 Å². The van der Waals surface area contributed by atoms with Gasteiger partial charge in [-0.05, 0) is 56.3 Å². The molecule has 128 valence electrons. The first-order valence-electron chi connectivity index (χ1n) is 8.29. The molecule has 24 heavy (non-hydrogen) atoms. The van der Waals surface area contributed by atoms with Crippen LogP contribution in [-0.2, 0) is 6.42 Å². The number of nitrogens with zero attached hydrogens (tertiary/aromatic N) is 1. The van der Waals surface area contributed by atoms with E-state index in [1.165, 1.54) is 0 Å². The summed E-state index contributed by atoms with van der Waals surface area (Å²) in [6.45, 7) is 3.91. The van der Waals surface area contributed by atoms with E-state index in [1.54, 1.807) is 4.90 Å². The molecule has 0 radical (unpaired) electrons. The summed E-state index contributed by atoms with van der Waals surface area (Å²) >= 11 is 0. The van der Waals surface area contributed by atoms with Crippen molar-refractivity contribution in [1.82, 2.24) is 10.2 Å². The predicted octanol–water partition coefficient (Wildman–Crippen LogP) is 2.91. The van der Waals surface area contributed by atoms with Crippen LogP contribution in [0.3, 0.4) is 0 Å². The molecule has 0 heterocycles. The zero-order chi connectivity index (χ0) is 17.4. The zero-order valence-electron chi connectivity index (χ0n) is 14.7. The van der Waals surface area contributed by atoms with E-state index in [1.807, 2.05) is 69.6 Å². The number of hydrogen-bond donors (Lipinski definition) is 1. The Morgan fingerprint density at radius 1 is 1.17 bits per heavy atom. The topological polar surface area (TPSA) is 41.6 Å². The molecule has 0 atom stereocenters. The van der Waals surface area contributed by atoms with Crippen LogP contribution >= 0.6 is 0 Å². The molecule has 0 saturated carbocycles. The molecule has 0 aromatic heterocycles. The molecule has 0 saturated heterocycles. The fourth-order valence-corrected chi connectivity index (χ4v) is 2.52. The van der Waals surface area contributed by atoms with Crippen molar-refractivity contribution in [2.75, 3.05) is 33.8 Å². The maximum atomic E-state index is 12.7. The van der Waals surface area contributed by atoms with Gasteiger partial charge >= 0.3 is 0 Å². The van der Waals surface area contributed by atoms with Crippen molar-refractivity contribution < 1.29 is 9.53 Å². The summed E-state index contributed by atoms with van der Waals surface area (Å²) in [5.41, 5.74) is 3.00. The number of likely N-dealkylation sites (N-methyl/N-ethyl adjacent to an activating group) is 2. The lowest BCUT2D eigenvalue weighted by Gasteiger charge is -2.19. The van der Waals surface area contributed by atoms with Crippen molar-refractivity contribution in [2.45, 2.75) is 13.3 Å². The highest BCUT2D eigenvalue weighted by atomic mass is 16.5. The number of benzene rings is 2. The zero-order valence-corrected chi connectivity index (χ0v) is 14.7. The summed E-state index contributed by atoms with van der Waals surface area (Å²) < 4.78 is 5.73. The number of amides is 1. The van der Waals surface area contributed by atoms with E-state index in [0.717, 1.165) is 35.4 Å². The van der Waals surface area contributed by atoms with Crippen molar-refractivity contribution in [3.8, 4) is 5.75 Å². The third-order valence-electron chi connectivity index (χ3n) is 3.92. The summed E-state index contributed by atoms with van der Waals surface area (Å²) in [7, 11) is 3.73. The summed E-state index contributed by atoms with van der Waals surface area (Å²) in [5.74, 6) is 0.875. The van der Waals surface area contributed by atoms with Crippen LogP contribution in [0.5, 0.6) is 5.75 Å². The molecule has 0 aliphatic carbocycles. The molecule has 0 spiro atoms. The van der Waals surface area contributed by atoms with Gasteiger partial charge in [0, 0.05) is 12.6 Å². The molecule has 0 bridgehead atoms. The van der Waals surface area contributed by atoms with Crippen LogP contribution in [0.4, 0.5) is 0 Å². The Bertz CT molecular complexity index is 670. The molecule has 2 aromatic rings. The van der Waals surface area contributed by atoms with Gasteiger partial charge in [-0.2, -0.15) is 0 Å². The number of aryl methyl sites for hydroxylation is 1. The molecule has 2 aromatic carbocycles. The first-order valence-corrected chi connectivity index (χ1v) is 8.29. The molecule has 0 aliphatic rings. The van der Waals surface area contributed by atoms with Crippen molar-refractivity contribution in [1.29, 1.82) is 0 Å². The maximum absolute atomic E-state index is 12.7. The molecule has 0 aliphatic heterocycles. The summed E-state index contributed by atoms with van der Waals surface area (Å²) in [5, 5.41) is 3.12. The Balaban J connectivity index is 1.92. The standard InChI is InChI=1S/C20H26N2O2/c1-16-7-6-9-18(15-16)24-14-13-22(3)20(23)19-10-5-4-8-17(19)11-12-21-2/h4-10,15,21H,11-14H2,1-3H3. The van der Waals surface area contributed by atoms with E-state index >= 15 is 0 Å². The fourth-order valence-electron chi connectivity index (χ4n) is 2.52. The molecular formula is C20H26N2O2. The molecular weight excluding hydrogens is 300 g/mol. The smallest absolute Gasteiger partial charge is 0.253 e. The third kappa shape index (κ3) is 5.10. The van der Waals surface area contributed by atoms with E-state index in [-0.39, 0.29) is 5.91 Å². The molecule has 2 rings (SSSR count). The molecule has 0 fully saturated rings. The van der Waals surface area contributed by atoms with Crippen molar-refractivity contribution in [3.63, 3.8) is 0 Å². The van der Waals surface area contributed by atoms with E-state index in [4.69, 9.17) is 4.74 Å². The molecule has 0 unspecified atom stereocenters. The lowest BCUT2D eigenvalue weighted by Crippen LogP contribution is -2.31. The summed E-state index contributed by atoms with van der Waals surface area (Å²) in [4.78, 5) is 14.4. The van der Waals surface area contributed by atoms with E-state index in [2.05, 4.69) is 5.32 Å². The Hall–Kier alpha value is -2.33. The van der Waals surface area contributed by atoms with Gasteiger partial charge in [0.1, 0.15) is 12.4 Å². The van der Waals surface area contributed by atoms with E-state index < -0.39 is 0 Å². The van der Waals surface area contributed by atoms with E-state index in [9.17, 15) is 4.79 Å². The number of rotatable bonds is 8. The quantitative estimate of drug-likeness (QED) is 0.811. The van der Waals surface area contributed by atoms with Crippen LogP contribution in [-0.4, -0.2) is 44.6 Å². The first-order chi connectivity index (χ1) is 11.6. The minimum Gasteiger partial charge on any atom is -0.492 e. The number of nitrogens with one attached hydrogen (secondary N) is 1. The number of carbonyl (C=O) groups is 1. The second kappa shape index (κ2) is 9.08. The van der Waals surface area contributed by atoms with Crippen LogP contribution < -0.4 is 10.1 Å². The van der Waals surface area contributed by atoms with Gasteiger partial charge < -0.3 is 15.0 Å². The monoisotopic (exact) mass is 326 g/mol. The third-order valence-corrected chi connectivity index (χ3v) is 3.92. The molecule has 1 N–H and O–H groups in total. The number of carbonyl (C=O) groups excluding carboxylic acids is 1. The van der Waals surface area contributed by atoms with Crippen molar-refractivity contribution in [3.05, 3.63) is 65.2 Å².